The Hall–Kier alpha value is -1.68. The van der Waals surface area contributed by atoms with Gasteiger partial charge in [0.15, 0.2) is 11.4 Å². The molecule has 4 aliphatic rings. The number of esters is 1. The third-order valence-electron chi connectivity index (χ3n) is 6.49. The molecule has 1 spiro atoms. The van der Waals surface area contributed by atoms with Crippen LogP contribution < -0.4 is 0 Å². The molecule has 0 aromatic carbocycles. The van der Waals surface area contributed by atoms with E-state index in [1.165, 1.54) is 0 Å². The molecule has 1 saturated heterocycles. The van der Waals surface area contributed by atoms with E-state index in [4.69, 9.17) is 9.47 Å². The van der Waals surface area contributed by atoms with Gasteiger partial charge in [-0.1, -0.05) is 32.9 Å². The second-order valence-corrected chi connectivity index (χ2v) is 8.46. The summed E-state index contributed by atoms with van der Waals surface area (Å²) in [6.07, 6.45) is 7.61. The number of ketones is 1. The van der Waals surface area contributed by atoms with E-state index in [1.807, 2.05) is 13.0 Å². The van der Waals surface area contributed by atoms with Crippen molar-refractivity contribution in [2.45, 2.75) is 65.1 Å². The number of rotatable bonds is 4. The molecule has 0 bridgehead atoms. The summed E-state index contributed by atoms with van der Waals surface area (Å²) in [7, 11) is 0. The van der Waals surface area contributed by atoms with Crippen LogP contribution in [0.2, 0.25) is 0 Å². The lowest BCUT2D eigenvalue weighted by Crippen LogP contribution is -2.44. The van der Waals surface area contributed by atoms with E-state index in [0.717, 1.165) is 41.6 Å². The maximum atomic E-state index is 13.1. The van der Waals surface area contributed by atoms with Gasteiger partial charge >= 0.3 is 5.97 Å². The highest BCUT2D eigenvalue weighted by molar-refractivity contribution is 6.09. The smallest absolute Gasteiger partial charge is 0.334 e. The lowest BCUT2D eigenvalue weighted by atomic mass is 9.60. The van der Waals surface area contributed by atoms with Crippen LogP contribution in [0.4, 0.5) is 0 Å². The summed E-state index contributed by atoms with van der Waals surface area (Å²) >= 11 is 0. The molecular weight excluding hydrogens is 316 g/mol. The molecule has 0 aromatic heterocycles. The van der Waals surface area contributed by atoms with Crippen LogP contribution in [0.3, 0.4) is 0 Å². The van der Waals surface area contributed by atoms with Gasteiger partial charge in [-0.2, -0.15) is 0 Å². The number of ether oxygens (including phenoxy) is 2. The molecule has 0 aromatic rings. The summed E-state index contributed by atoms with van der Waals surface area (Å²) < 4.78 is 11.1. The van der Waals surface area contributed by atoms with Crippen LogP contribution >= 0.6 is 0 Å². The van der Waals surface area contributed by atoms with Crippen molar-refractivity contribution in [2.75, 3.05) is 6.61 Å². The monoisotopic (exact) mass is 342 g/mol. The highest BCUT2D eigenvalue weighted by atomic mass is 16.6. The van der Waals surface area contributed by atoms with Gasteiger partial charge in [0.25, 0.3) is 0 Å². The van der Waals surface area contributed by atoms with Gasteiger partial charge in [0.1, 0.15) is 6.61 Å². The van der Waals surface area contributed by atoms with Crippen LogP contribution in [-0.2, 0) is 19.1 Å². The lowest BCUT2D eigenvalue weighted by Gasteiger charge is -2.40. The van der Waals surface area contributed by atoms with Crippen molar-refractivity contribution in [1.82, 2.24) is 0 Å². The molecule has 2 aliphatic heterocycles. The topological polar surface area (TPSA) is 55.9 Å². The summed E-state index contributed by atoms with van der Waals surface area (Å²) in [5.41, 5.74) is 3.02. The van der Waals surface area contributed by atoms with Gasteiger partial charge in [-0.3, -0.25) is 4.79 Å². The highest BCUT2D eigenvalue weighted by Gasteiger charge is 2.70. The molecule has 4 heteroatoms. The fourth-order valence-electron chi connectivity index (χ4n) is 4.79. The molecule has 2 heterocycles. The molecule has 3 atom stereocenters. The van der Waals surface area contributed by atoms with E-state index in [0.29, 0.717) is 13.0 Å². The molecule has 2 aliphatic carbocycles. The SMILES string of the molecule is CC1=C(CC[C@@]2(C)CC[C@H]3O[C@]34C(=O)C(C(C)C)=CC=C24)C(=O)OC1. The molecule has 1 saturated carbocycles. The van der Waals surface area contributed by atoms with E-state index in [-0.39, 0.29) is 29.2 Å². The predicted octanol–water partition coefficient (Wildman–Crippen LogP) is 3.67. The third kappa shape index (κ3) is 2.30. The van der Waals surface area contributed by atoms with Gasteiger partial charge < -0.3 is 9.47 Å². The van der Waals surface area contributed by atoms with E-state index in [2.05, 4.69) is 26.8 Å². The molecule has 4 rings (SSSR count). The van der Waals surface area contributed by atoms with Gasteiger partial charge in [0.05, 0.1) is 6.10 Å². The molecule has 0 radical (unpaired) electrons. The average molecular weight is 342 g/mol. The van der Waals surface area contributed by atoms with Crippen molar-refractivity contribution >= 4 is 11.8 Å². The van der Waals surface area contributed by atoms with Gasteiger partial charge in [-0.15, -0.1) is 0 Å². The van der Waals surface area contributed by atoms with Crippen molar-refractivity contribution < 1.29 is 19.1 Å². The summed E-state index contributed by atoms with van der Waals surface area (Å²) in [4.78, 5) is 25.0. The minimum Gasteiger partial charge on any atom is -0.458 e. The van der Waals surface area contributed by atoms with Crippen LogP contribution in [0, 0.1) is 11.3 Å². The fourth-order valence-corrected chi connectivity index (χ4v) is 4.79. The second-order valence-electron chi connectivity index (χ2n) is 8.46. The summed E-state index contributed by atoms with van der Waals surface area (Å²) in [6, 6.07) is 0. The zero-order valence-electron chi connectivity index (χ0n) is 15.5. The Labute approximate surface area is 148 Å². The lowest BCUT2D eigenvalue weighted by molar-refractivity contribution is -0.136. The molecular formula is C21H26O4. The van der Waals surface area contributed by atoms with Crippen molar-refractivity contribution in [2.24, 2.45) is 11.3 Å². The van der Waals surface area contributed by atoms with Gasteiger partial charge in [-0.05, 0) is 55.1 Å². The molecule has 0 N–H and O–H groups in total. The standard InChI is InChI=1S/C21H26O4/c1-12(2)14-5-6-16-20(4,9-7-15-13(3)11-24-19(15)23)10-8-17-21(16,25-17)18(14)22/h5-6,12,17H,7-11H2,1-4H3/t17-,20+,21+/m1/s1. The minimum atomic E-state index is -0.707. The number of carbonyl (C=O) groups is 2. The number of allylic oxidation sites excluding steroid dienone is 2. The van der Waals surface area contributed by atoms with Crippen LogP contribution in [0.25, 0.3) is 0 Å². The van der Waals surface area contributed by atoms with Crippen LogP contribution in [-0.4, -0.2) is 30.1 Å². The van der Waals surface area contributed by atoms with Crippen LogP contribution in [0.15, 0.2) is 34.4 Å². The molecule has 0 amide bonds. The largest absolute Gasteiger partial charge is 0.458 e. The quantitative estimate of drug-likeness (QED) is 0.578. The van der Waals surface area contributed by atoms with Gasteiger partial charge in [-0.25, -0.2) is 4.79 Å². The van der Waals surface area contributed by atoms with E-state index < -0.39 is 5.60 Å². The average Bonchev–Trinajstić information content (AvgIpc) is 3.20. The summed E-state index contributed by atoms with van der Waals surface area (Å²) in [5.74, 6) is 0.188. The Balaban J connectivity index is 1.63. The molecule has 25 heavy (non-hydrogen) atoms. The Kier molecular flexibility index (Phi) is 3.63. The predicted molar refractivity (Wildman–Crippen MR) is 93.8 cm³/mol. The Morgan fingerprint density at radius 3 is 2.68 bits per heavy atom. The fraction of sp³-hybridized carbons (Fsp3) is 0.619. The zero-order chi connectivity index (χ0) is 18.0. The Morgan fingerprint density at radius 2 is 2.04 bits per heavy atom. The van der Waals surface area contributed by atoms with Crippen LogP contribution in [0.5, 0.6) is 0 Å². The summed E-state index contributed by atoms with van der Waals surface area (Å²) in [6.45, 7) is 8.71. The normalized spacial score (nSPS) is 36.8. The number of Topliss-reactive ketones (excluding diaryl/α,β-unsaturated/α-hetero) is 1. The molecule has 4 nitrogen and oxygen atoms in total. The van der Waals surface area contributed by atoms with Crippen LogP contribution in [0.1, 0.15) is 53.4 Å². The number of hydrogen-bond donors (Lipinski definition) is 0. The number of cyclic esters (lactones) is 1. The first kappa shape index (κ1) is 16.8. The molecule has 134 valence electrons. The number of epoxide rings is 1. The van der Waals surface area contributed by atoms with Crippen molar-refractivity contribution in [1.29, 1.82) is 0 Å². The molecule has 2 fully saturated rings. The number of carbonyl (C=O) groups excluding carboxylic acids is 2. The van der Waals surface area contributed by atoms with Gasteiger partial charge in [0.2, 0.25) is 0 Å². The van der Waals surface area contributed by atoms with E-state index in [9.17, 15) is 9.59 Å². The highest BCUT2D eigenvalue weighted by Crippen LogP contribution is 2.62. The summed E-state index contributed by atoms with van der Waals surface area (Å²) in [5, 5.41) is 0. The first-order valence-corrected chi connectivity index (χ1v) is 9.31. The maximum Gasteiger partial charge on any atom is 0.334 e. The maximum absolute atomic E-state index is 13.1. The Bertz CT molecular complexity index is 754. The van der Waals surface area contributed by atoms with Crippen molar-refractivity contribution in [3.63, 3.8) is 0 Å². The first-order valence-electron chi connectivity index (χ1n) is 9.31. The second kappa shape index (κ2) is 5.41. The van der Waals surface area contributed by atoms with E-state index >= 15 is 0 Å². The minimum absolute atomic E-state index is 0.0409. The van der Waals surface area contributed by atoms with Crippen molar-refractivity contribution in [3.05, 3.63) is 34.4 Å². The van der Waals surface area contributed by atoms with Crippen molar-refractivity contribution in [3.8, 4) is 0 Å². The first-order chi connectivity index (χ1) is 11.8. The number of hydrogen-bond acceptors (Lipinski definition) is 4. The zero-order valence-corrected chi connectivity index (χ0v) is 15.5. The Morgan fingerprint density at radius 1 is 1.28 bits per heavy atom. The molecule has 0 unspecified atom stereocenters. The van der Waals surface area contributed by atoms with Gasteiger partial charge in [0, 0.05) is 11.1 Å². The third-order valence-corrected chi connectivity index (χ3v) is 6.49. The van der Waals surface area contributed by atoms with E-state index in [1.54, 1.807) is 0 Å².